The zero-order chi connectivity index (χ0) is 14.8. The van der Waals surface area contributed by atoms with Crippen LogP contribution in [0.4, 0.5) is 5.13 Å². The number of hydrogen-bond acceptors (Lipinski definition) is 7. The van der Waals surface area contributed by atoms with Crippen LogP contribution in [0, 0.1) is 0 Å². The Balaban J connectivity index is 2.24. The minimum absolute atomic E-state index is 0.0136. The molecule has 1 aromatic rings. The average Bonchev–Trinajstić information content (AvgIpc) is 2.83. The maximum Gasteiger partial charge on any atom is 0.212 e. The van der Waals surface area contributed by atoms with E-state index in [9.17, 15) is 0 Å². The number of oxime groups is 1. The zero-order valence-electron chi connectivity index (χ0n) is 11.0. The first-order chi connectivity index (χ1) is 9.65. The number of nitrogens with zero attached hydrogens (tertiary/aromatic N) is 4. The van der Waals surface area contributed by atoms with Crippen molar-refractivity contribution in [2.24, 2.45) is 26.6 Å². The largest absolute Gasteiger partial charge is 0.411 e. The molecule has 0 spiro atoms. The van der Waals surface area contributed by atoms with E-state index < -0.39 is 0 Å². The second kappa shape index (κ2) is 9.15. The quantitative estimate of drug-likeness (QED) is 0.189. The number of thiazole rings is 1. The lowest BCUT2D eigenvalue weighted by atomic mass is 10.6. The van der Waals surface area contributed by atoms with Crippen LogP contribution in [0.2, 0.25) is 0 Å². The lowest BCUT2D eigenvalue weighted by Crippen LogP contribution is -2.26. The number of nitrogens with two attached hydrogens (primary N) is 2. The summed E-state index contributed by atoms with van der Waals surface area (Å²) >= 11 is 3.12. The molecule has 0 aromatic carbocycles. The number of rotatable bonds is 7. The van der Waals surface area contributed by atoms with E-state index in [1.165, 1.54) is 17.6 Å². The van der Waals surface area contributed by atoms with Gasteiger partial charge in [0.15, 0.2) is 5.96 Å². The summed E-state index contributed by atoms with van der Waals surface area (Å²) in [5.74, 6) is 2.20. The highest BCUT2D eigenvalue weighted by Gasteiger charge is 2.01. The van der Waals surface area contributed by atoms with Crippen molar-refractivity contribution in [3.63, 3.8) is 0 Å². The molecule has 20 heavy (non-hydrogen) atoms. The van der Waals surface area contributed by atoms with Crippen LogP contribution in [0.15, 0.2) is 20.5 Å². The van der Waals surface area contributed by atoms with Gasteiger partial charge < -0.3 is 22.0 Å². The van der Waals surface area contributed by atoms with Gasteiger partial charge in [0.05, 0.1) is 5.69 Å². The third-order valence-corrected chi connectivity index (χ3v) is 3.76. The van der Waals surface area contributed by atoms with Crippen LogP contribution in [0.3, 0.4) is 0 Å². The summed E-state index contributed by atoms with van der Waals surface area (Å²) in [6.07, 6.45) is 1.26. The van der Waals surface area contributed by atoms with E-state index in [0.29, 0.717) is 17.5 Å². The predicted molar refractivity (Wildman–Crippen MR) is 85.4 cm³/mol. The lowest BCUT2D eigenvalue weighted by Gasteiger charge is -2.03. The van der Waals surface area contributed by atoms with E-state index in [-0.39, 0.29) is 5.96 Å². The van der Waals surface area contributed by atoms with Crippen molar-refractivity contribution in [1.82, 2.24) is 10.3 Å². The summed E-state index contributed by atoms with van der Waals surface area (Å²) in [7, 11) is 1.62. The molecule has 0 aliphatic rings. The Morgan fingerprint density at radius 2 is 2.40 bits per heavy atom. The third kappa shape index (κ3) is 6.38. The van der Waals surface area contributed by atoms with Crippen LogP contribution >= 0.6 is 23.1 Å². The first-order valence-corrected chi connectivity index (χ1v) is 7.69. The molecule has 0 unspecified atom stereocenters. The Hall–Kier alpha value is -1.81. The van der Waals surface area contributed by atoms with Gasteiger partial charge in [-0.25, -0.2) is 4.98 Å². The molecule has 6 N–H and O–H groups in total. The summed E-state index contributed by atoms with van der Waals surface area (Å²) in [5, 5.41) is 16.8. The third-order valence-electron chi connectivity index (χ3n) is 1.99. The molecule has 0 atom stereocenters. The van der Waals surface area contributed by atoms with Gasteiger partial charge in [-0.05, 0) is 0 Å². The molecular formula is C10H17N7OS2. The van der Waals surface area contributed by atoms with Crippen molar-refractivity contribution < 1.29 is 5.21 Å². The first kappa shape index (κ1) is 16.2. The smallest absolute Gasteiger partial charge is 0.212 e. The molecule has 0 fully saturated rings. The van der Waals surface area contributed by atoms with Crippen LogP contribution in [0.5, 0.6) is 0 Å². The number of aromatic nitrogens is 1. The monoisotopic (exact) mass is 315 g/mol. The minimum atomic E-state index is 0.0136. The van der Waals surface area contributed by atoms with Crippen LogP contribution in [-0.2, 0) is 5.75 Å². The van der Waals surface area contributed by atoms with E-state index in [2.05, 4.69) is 25.4 Å². The van der Waals surface area contributed by atoms with Gasteiger partial charge in [-0.2, -0.15) is 16.8 Å². The van der Waals surface area contributed by atoms with Crippen molar-refractivity contribution in [2.45, 2.75) is 5.75 Å². The first-order valence-electron chi connectivity index (χ1n) is 5.65. The molecule has 10 heteroatoms. The molecule has 0 aliphatic carbocycles. The molecule has 0 aliphatic heterocycles. The molecule has 0 saturated carbocycles. The minimum Gasteiger partial charge on any atom is -0.411 e. The summed E-state index contributed by atoms with van der Waals surface area (Å²) in [6, 6.07) is 0. The Kier molecular flexibility index (Phi) is 7.43. The van der Waals surface area contributed by atoms with Gasteiger partial charge in [0.25, 0.3) is 0 Å². The number of hydrogen-bond donors (Lipinski definition) is 4. The van der Waals surface area contributed by atoms with Gasteiger partial charge in [-0.1, -0.05) is 5.16 Å². The number of amidine groups is 1. The summed E-state index contributed by atoms with van der Waals surface area (Å²) in [5.41, 5.74) is 11.5. The molecule has 1 heterocycles. The topological polar surface area (TPSA) is 134 Å². The highest BCUT2D eigenvalue weighted by molar-refractivity contribution is 7.98. The zero-order valence-corrected chi connectivity index (χ0v) is 12.6. The van der Waals surface area contributed by atoms with Gasteiger partial charge in [0.1, 0.15) is 12.1 Å². The number of guanidine groups is 1. The fourth-order valence-electron chi connectivity index (χ4n) is 1.19. The molecule has 110 valence electrons. The molecule has 8 nitrogen and oxygen atoms in total. The molecular weight excluding hydrogens is 298 g/mol. The Bertz CT molecular complexity index is 494. The average molecular weight is 315 g/mol. The molecule has 1 aromatic heterocycles. The van der Waals surface area contributed by atoms with E-state index in [1.807, 2.05) is 5.38 Å². The van der Waals surface area contributed by atoms with E-state index in [0.717, 1.165) is 17.2 Å². The summed E-state index contributed by atoms with van der Waals surface area (Å²) in [4.78, 5) is 12.1. The van der Waals surface area contributed by atoms with Gasteiger partial charge >= 0.3 is 0 Å². The van der Waals surface area contributed by atoms with Crippen LogP contribution in [-0.4, -0.2) is 47.5 Å². The Morgan fingerprint density at radius 1 is 1.60 bits per heavy atom. The van der Waals surface area contributed by atoms with Crippen LogP contribution in [0.25, 0.3) is 0 Å². The summed E-state index contributed by atoms with van der Waals surface area (Å²) < 4.78 is 0. The molecule has 0 radical (unpaired) electrons. The highest BCUT2D eigenvalue weighted by Crippen LogP contribution is 2.21. The molecule has 0 amide bonds. The number of thioether (sulfide) groups is 1. The fraction of sp³-hybridized carbons (Fsp3) is 0.400. The van der Waals surface area contributed by atoms with Gasteiger partial charge in [-0.15, -0.1) is 11.3 Å². The molecule has 1 rings (SSSR count). The van der Waals surface area contributed by atoms with Gasteiger partial charge in [0, 0.05) is 30.5 Å². The maximum absolute atomic E-state index is 8.39. The van der Waals surface area contributed by atoms with Crippen LogP contribution < -0.4 is 16.8 Å². The van der Waals surface area contributed by atoms with Gasteiger partial charge in [0.2, 0.25) is 5.13 Å². The fourth-order valence-corrected chi connectivity index (χ4v) is 2.75. The molecule has 0 saturated heterocycles. The molecule has 0 bridgehead atoms. The number of aliphatic imine (C=N–C) groups is 2. The Labute approximate surface area is 125 Å². The van der Waals surface area contributed by atoms with Crippen molar-refractivity contribution in [2.75, 3.05) is 19.3 Å². The Morgan fingerprint density at radius 3 is 3.05 bits per heavy atom. The normalized spacial score (nSPS) is 11.8. The SMILES string of the molecule is CN=C(C=NO)NCCSCc1csc(N=C(N)N)n1. The number of nitrogens with one attached hydrogen (secondary N) is 1. The predicted octanol–water partition coefficient (Wildman–Crippen LogP) is 0.359. The second-order valence-electron chi connectivity index (χ2n) is 3.49. The van der Waals surface area contributed by atoms with Gasteiger partial charge in [-0.3, -0.25) is 4.99 Å². The van der Waals surface area contributed by atoms with Crippen molar-refractivity contribution in [3.05, 3.63) is 11.1 Å². The van der Waals surface area contributed by atoms with E-state index >= 15 is 0 Å². The standard InChI is InChI=1S/C10H17N7OS2/c1-13-8(4-15-18)14-2-3-19-5-7-6-20-10(16-7)17-9(11)12/h4,6,18H,2-3,5H2,1H3,(H,13,14)(H4,11,12,16,17). The van der Waals surface area contributed by atoms with Crippen molar-refractivity contribution >= 4 is 46.2 Å². The van der Waals surface area contributed by atoms with E-state index in [1.54, 1.807) is 18.8 Å². The van der Waals surface area contributed by atoms with Crippen molar-refractivity contribution in [1.29, 1.82) is 0 Å². The van der Waals surface area contributed by atoms with E-state index in [4.69, 9.17) is 16.7 Å². The maximum atomic E-state index is 8.39. The highest BCUT2D eigenvalue weighted by atomic mass is 32.2. The van der Waals surface area contributed by atoms with Crippen LogP contribution in [0.1, 0.15) is 5.69 Å². The second-order valence-corrected chi connectivity index (χ2v) is 5.43. The summed E-state index contributed by atoms with van der Waals surface area (Å²) in [6.45, 7) is 0.717. The lowest BCUT2D eigenvalue weighted by molar-refractivity contribution is 0.322. The van der Waals surface area contributed by atoms with Crippen molar-refractivity contribution in [3.8, 4) is 0 Å².